The van der Waals surface area contributed by atoms with E-state index in [4.69, 9.17) is 14.6 Å². The molecule has 152 valence electrons. The Morgan fingerprint density at radius 1 is 1.45 bits per heavy atom. The third kappa shape index (κ3) is 4.35. The Morgan fingerprint density at radius 2 is 2.34 bits per heavy atom. The molecule has 4 heterocycles. The molecule has 1 saturated heterocycles. The molecule has 0 radical (unpaired) electrons. The van der Waals surface area contributed by atoms with E-state index in [0.717, 1.165) is 31.4 Å². The van der Waals surface area contributed by atoms with Crippen LogP contribution in [-0.4, -0.2) is 49.1 Å². The molecule has 1 aliphatic rings. The SMILES string of the molecule is CCOc1nc(-c2ccnc(NC(=O)O)c2)sc1-c1ncn(C2CCCCO2)n1. The summed E-state index contributed by atoms with van der Waals surface area (Å²) in [6.45, 7) is 3.06. The van der Waals surface area contributed by atoms with Crippen molar-refractivity contribution in [3.8, 4) is 27.2 Å². The third-order valence-electron chi connectivity index (χ3n) is 4.28. The number of carboxylic acid groups (broad SMARTS) is 1. The second kappa shape index (κ2) is 8.53. The van der Waals surface area contributed by atoms with Gasteiger partial charge in [-0.1, -0.05) is 0 Å². The van der Waals surface area contributed by atoms with Crippen molar-refractivity contribution >= 4 is 23.2 Å². The molecule has 0 spiro atoms. The van der Waals surface area contributed by atoms with Crippen molar-refractivity contribution in [3.05, 3.63) is 24.7 Å². The number of ether oxygens (including phenoxy) is 2. The molecule has 0 saturated carbocycles. The molecule has 3 aromatic heterocycles. The van der Waals surface area contributed by atoms with Crippen LogP contribution in [0, 0.1) is 0 Å². The minimum atomic E-state index is -1.18. The molecule has 0 bridgehead atoms. The first-order valence-electron chi connectivity index (χ1n) is 9.27. The van der Waals surface area contributed by atoms with Crippen LogP contribution >= 0.6 is 11.3 Å². The van der Waals surface area contributed by atoms with Gasteiger partial charge in [0.15, 0.2) is 12.1 Å². The molecule has 3 aromatic rings. The number of hydrogen-bond acceptors (Lipinski definition) is 8. The van der Waals surface area contributed by atoms with Crippen molar-refractivity contribution in [1.82, 2.24) is 24.7 Å². The molecule has 29 heavy (non-hydrogen) atoms. The van der Waals surface area contributed by atoms with Crippen LogP contribution in [0.2, 0.25) is 0 Å². The summed E-state index contributed by atoms with van der Waals surface area (Å²) >= 11 is 1.37. The minimum Gasteiger partial charge on any atom is -0.477 e. The van der Waals surface area contributed by atoms with E-state index in [0.29, 0.717) is 28.2 Å². The summed E-state index contributed by atoms with van der Waals surface area (Å²) < 4.78 is 13.2. The number of thiazole rings is 1. The highest BCUT2D eigenvalue weighted by Gasteiger charge is 2.22. The van der Waals surface area contributed by atoms with Gasteiger partial charge in [0.25, 0.3) is 0 Å². The van der Waals surface area contributed by atoms with Gasteiger partial charge in [-0.2, -0.15) is 0 Å². The molecule has 1 aliphatic heterocycles. The maximum Gasteiger partial charge on any atom is 0.410 e. The zero-order valence-corrected chi connectivity index (χ0v) is 16.6. The van der Waals surface area contributed by atoms with E-state index < -0.39 is 6.09 Å². The lowest BCUT2D eigenvalue weighted by molar-refractivity contribution is -0.0395. The van der Waals surface area contributed by atoms with E-state index in [1.807, 2.05) is 6.92 Å². The second-order valence-corrected chi connectivity index (χ2v) is 7.31. The maximum atomic E-state index is 10.9. The van der Waals surface area contributed by atoms with Crippen molar-refractivity contribution in [1.29, 1.82) is 0 Å². The normalized spacial score (nSPS) is 16.5. The lowest BCUT2D eigenvalue weighted by atomic mass is 10.2. The molecule has 1 fully saturated rings. The van der Waals surface area contributed by atoms with Gasteiger partial charge < -0.3 is 14.6 Å². The Hall–Kier alpha value is -3.05. The van der Waals surface area contributed by atoms with E-state index in [2.05, 4.69) is 25.4 Å². The molecule has 1 amide bonds. The summed E-state index contributed by atoms with van der Waals surface area (Å²) in [6.07, 6.45) is 4.99. The topological polar surface area (TPSA) is 124 Å². The number of amides is 1. The van der Waals surface area contributed by atoms with E-state index in [9.17, 15) is 4.79 Å². The van der Waals surface area contributed by atoms with Crippen LogP contribution in [0.1, 0.15) is 32.4 Å². The van der Waals surface area contributed by atoms with Crippen molar-refractivity contribution in [2.75, 3.05) is 18.5 Å². The molecule has 0 aromatic carbocycles. The fraction of sp³-hybridized carbons (Fsp3) is 0.389. The second-order valence-electron chi connectivity index (χ2n) is 6.32. The van der Waals surface area contributed by atoms with Crippen LogP contribution in [0.5, 0.6) is 5.88 Å². The number of aromatic nitrogens is 5. The first kappa shape index (κ1) is 19.3. The summed E-state index contributed by atoms with van der Waals surface area (Å²) in [6, 6.07) is 3.38. The monoisotopic (exact) mass is 416 g/mol. The van der Waals surface area contributed by atoms with Crippen molar-refractivity contribution in [2.45, 2.75) is 32.4 Å². The van der Waals surface area contributed by atoms with Gasteiger partial charge in [-0.15, -0.1) is 16.4 Å². The van der Waals surface area contributed by atoms with Gasteiger partial charge in [0.1, 0.15) is 22.0 Å². The van der Waals surface area contributed by atoms with Crippen LogP contribution < -0.4 is 10.1 Å². The summed E-state index contributed by atoms with van der Waals surface area (Å²) in [5, 5.41) is 16.4. The summed E-state index contributed by atoms with van der Waals surface area (Å²) in [4.78, 5) is 24.6. The zero-order valence-electron chi connectivity index (χ0n) is 15.7. The predicted octanol–water partition coefficient (Wildman–Crippen LogP) is 3.65. The molecular weight excluding hydrogens is 396 g/mol. The summed E-state index contributed by atoms with van der Waals surface area (Å²) in [5.74, 6) is 1.19. The van der Waals surface area contributed by atoms with E-state index in [1.54, 1.807) is 23.1 Å². The van der Waals surface area contributed by atoms with Gasteiger partial charge in [0.05, 0.1) is 6.61 Å². The Balaban J connectivity index is 1.65. The largest absolute Gasteiger partial charge is 0.477 e. The van der Waals surface area contributed by atoms with Crippen molar-refractivity contribution in [2.24, 2.45) is 0 Å². The van der Waals surface area contributed by atoms with Crippen molar-refractivity contribution < 1.29 is 19.4 Å². The van der Waals surface area contributed by atoms with Crippen LogP contribution in [0.25, 0.3) is 21.3 Å². The molecule has 11 heteroatoms. The van der Waals surface area contributed by atoms with Crippen LogP contribution in [0.3, 0.4) is 0 Å². The van der Waals surface area contributed by atoms with E-state index >= 15 is 0 Å². The zero-order chi connectivity index (χ0) is 20.2. The molecule has 0 aliphatic carbocycles. The van der Waals surface area contributed by atoms with Gasteiger partial charge in [-0.05, 0) is 38.3 Å². The van der Waals surface area contributed by atoms with Gasteiger partial charge in [-0.3, -0.25) is 5.32 Å². The number of nitrogens with zero attached hydrogens (tertiary/aromatic N) is 5. The first-order chi connectivity index (χ1) is 14.1. The lowest BCUT2D eigenvalue weighted by Crippen LogP contribution is -2.18. The Bertz CT molecular complexity index is 998. The highest BCUT2D eigenvalue weighted by atomic mass is 32.1. The summed E-state index contributed by atoms with van der Waals surface area (Å²) in [5.41, 5.74) is 0.719. The van der Waals surface area contributed by atoms with Gasteiger partial charge in [0, 0.05) is 18.4 Å². The lowest BCUT2D eigenvalue weighted by Gasteiger charge is -2.21. The Morgan fingerprint density at radius 3 is 3.10 bits per heavy atom. The average molecular weight is 416 g/mol. The number of carbonyl (C=O) groups is 1. The highest BCUT2D eigenvalue weighted by Crippen LogP contribution is 2.39. The number of pyridine rings is 1. The molecule has 4 rings (SSSR count). The van der Waals surface area contributed by atoms with Crippen LogP contribution in [-0.2, 0) is 4.74 Å². The molecule has 2 N–H and O–H groups in total. The van der Waals surface area contributed by atoms with E-state index in [1.165, 1.54) is 17.5 Å². The van der Waals surface area contributed by atoms with Gasteiger partial charge in [0.2, 0.25) is 5.88 Å². The molecule has 10 nitrogen and oxygen atoms in total. The standard InChI is InChI=1S/C18H20N6O4S/c1-2-27-16-14(15-20-10-24(23-15)13-5-3-4-8-28-13)29-17(22-16)11-6-7-19-12(9-11)21-18(25)26/h6-7,9-10,13H,2-5,8H2,1H3,(H,19,21)(H,25,26). The molecular formula is C18H20N6O4S. The van der Waals surface area contributed by atoms with Crippen LogP contribution in [0.4, 0.5) is 10.6 Å². The Labute approximate surface area is 170 Å². The van der Waals surface area contributed by atoms with Crippen molar-refractivity contribution in [3.63, 3.8) is 0 Å². The number of hydrogen-bond donors (Lipinski definition) is 2. The average Bonchev–Trinajstić information content (AvgIpc) is 3.36. The third-order valence-corrected chi connectivity index (χ3v) is 5.36. The molecule has 1 atom stereocenters. The number of nitrogens with one attached hydrogen (secondary N) is 1. The Kier molecular flexibility index (Phi) is 5.67. The fourth-order valence-electron chi connectivity index (χ4n) is 3.00. The quantitative estimate of drug-likeness (QED) is 0.624. The number of rotatable bonds is 6. The predicted molar refractivity (Wildman–Crippen MR) is 106 cm³/mol. The van der Waals surface area contributed by atoms with Crippen LogP contribution in [0.15, 0.2) is 24.7 Å². The fourth-order valence-corrected chi connectivity index (χ4v) is 3.94. The van der Waals surface area contributed by atoms with E-state index in [-0.39, 0.29) is 12.0 Å². The number of anilines is 1. The summed E-state index contributed by atoms with van der Waals surface area (Å²) in [7, 11) is 0. The first-order valence-corrected chi connectivity index (χ1v) is 10.1. The van der Waals surface area contributed by atoms with Gasteiger partial charge in [-0.25, -0.2) is 24.4 Å². The minimum absolute atomic E-state index is 0.0993. The smallest absolute Gasteiger partial charge is 0.410 e. The van der Waals surface area contributed by atoms with Gasteiger partial charge >= 0.3 is 6.09 Å². The molecule has 1 unspecified atom stereocenters. The highest BCUT2D eigenvalue weighted by molar-refractivity contribution is 7.18. The maximum absolute atomic E-state index is 10.9.